The molecule has 42 heavy (non-hydrogen) atoms. The Morgan fingerprint density at radius 3 is 2.31 bits per heavy atom. The molecule has 0 bridgehead atoms. The molecule has 4 amide bonds. The van der Waals surface area contributed by atoms with Crippen molar-refractivity contribution in [2.24, 2.45) is 17.8 Å². The number of halogens is 3. The second-order valence-electron chi connectivity index (χ2n) is 11.2. The highest BCUT2D eigenvalue weighted by atomic mass is 35.5. The topological polar surface area (TPSA) is 121 Å². The number of alkyl halides is 2. The van der Waals surface area contributed by atoms with E-state index in [4.69, 9.17) is 39.5 Å². The number of amides is 4. The molecule has 0 radical (unpaired) electrons. The molecule has 2 aromatic rings. The number of methoxy groups -OCH3 is 1. The summed E-state index contributed by atoms with van der Waals surface area (Å²) in [6, 6.07) is 9.11. The number of phenols is 1. The summed E-state index contributed by atoms with van der Waals surface area (Å²) >= 11 is 20.7. The van der Waals surface area contributed by atoms with Crippen LogP contribution < -0.4 is 9.64 Å². The lowest BCUT2D eigenvalue weighted by molar-refractivity contribution is -0.138. The van der Waals surface area contributed by atoms with Gasteiger partial charge < -0.3 is 9.84 Å². The first-order valence-electron chi connectivity index (χ1n) is 13.2. The molecule has 0 spiro atoms. The van der Waals surface area contributed by atoms with Crippen LogP contribution in [-0.2, 0) is 19.2 Å². The molecule has 0 aromatic heterocycles. The third kappa shape index (κ3) is 3.59. The lowest BCUT2D eigenvalue weighted by atomic mass is 9.56. The van der Waals surface area contributed by atoms with Crippen LogP contribution in [0.25, 0.3) is 0 Å². The number of carbonyl (C=O) groups is 5. The van der Waals surface area contributed by atoms with Crippen molar-refractivity contribution in [2.45, 2.75) is 35.4 Å². The van der Waals surface area contributed by atoms with Gasteiger partial charge in [-0.25, -0.2) is 0 Å². The Kier molecular flexibility index (Phi) is 6.53. The van der Waals surface area contributed by atoms with Gasteiger partial charge in [-0.05, 0) is 67.6 Å². The normalized spacial score (nSPS) is 32.0. The number of hydrogen-bond donors (Lipinski definition) is 1. The zero-order valence-corrected chi connectivity index (χ0v) is 25.0. The fraction of sp³-hybridized carbons (Fsp3) is 0.367. The number of Topliss-reactive ketones (excluding diaryl/α,β-unsaturated/α-hetero) is 1. The highest BCUT2D eigenvalue weighted by Crippen LogP contribution is 2.65. The fourth-order valence-corrected chi connectivity index (χ4v) is 8.37. The molecule has 2 aliphatic heterocycles. The maximum atomic E-state index is 14.1. The number of fused-ring (bicyclic) bond motifs is 4. The molecule has 2 heterocycles. The van der Waals surface area contributed by atoms with Gasteiger partial charge in [0.25, 0.3) is 11.8 Å². The first-order valence-corrected chi connectivity index (χ1v) is 14.4. The quantitative estimate of drug-likeness (QED) is 0.229. The number of anilines is 1. The lowest BCUT2D eigenvalue weighted by Crippen LogP contribution is -2.60. The Morgan fingerprint density at radius 1 is 1.02 bits per heavy atom. The molecular formula is C30H25Cl3N2O7. The van der Waals surface area contributed by atoms with E-state index in [1.807, 2.05) is 0 Å². The van der Waals surface area contributed by atoms with Gasteiger partial charge >= 0.3 is 0 Å². The molecule has 6 atom stereocenters. The summed E-state index contributed by atoms with van der Waals surface area (Å²) in [6.45, 7) is 1.42. The van der Waals surface area contributed by atoms with E-state index in [-0.39, 0.29) is 35.1 Å². The Morgan fingerprint density at radius 2 is 1.69 bits per heavy atom. The number of aromatic hydroxyl groups is 1. The average molecular weight is 632 g/mol. The Hall–Kier alpha value is -3.40. The minimum absolute atomic E-state index is 0.0202. The molecule has 1 N–H and O–H groups in total. The second-order valence-corrected chi connectivity index (χ2v) is 12.8. The summed E-state index contributed by atoms with van der Waals surface area (Å²) in [7, 11) is 2.64. The van der Waals surface area contributed by atoms with Gasteiger partial charge in [0.1, 0.15) is 0 Å². The Bertz CT molecular complexity index is 1640. The van der Waals surface area contributed by atoms with Gasteiger partial charge in [0, 0.05) is 18.5 Å². The zero-order valence-electron chi connectivity index (χ0n) is 22.7. The highest BCUT2D eigenvalue weighted by molar-refractivity contribution is 6.53. The highest BCUT2D eigenvalue weighted by Gasteiger charge is 2.76. The van der Waals surface area contributed by atoms with Gasteiger partial charge in [0.05, 0.1) is 29.7 Å². The largest absolute Gasteiger partial charge is 0.503 e. The number of rotatable bonds is 4. The third-order valence-corrected chi connectivity index (χ3v) is 10.9. The average Bonchev–Trinajstić information content (AvgIpc) is 3.29. The van der Waals surface area contributed by atoms with Crippen LogP contribution >= 0.6 is 34.8 Å². The molecule has 1 saturated carbocycles. The number of nitrogens with zero attached hydrogens (tertiary/aromatic N) is 2. The van der Waals surface area contributed by atoms with Crippen molar-refractivity contribution < 1.29 is 33.8 Å². The third-order valence-electron chi connectivity index (χ3n) is 9.15. The van der Waals surface area contributed by atoms with Crippen LogP contribution in [0.15, 0.2) is 48.0 Å². The maximum absolute atomic E-state index is 14.1. The number of ketones is 1. The van der Waals surface area contributed by atoms with E-state index in [2.05, 4.69) is 0 Å². The van der Waals surface area contributed by atoms with Crippen molar-refractivity contribution in [2.75, 3.05) is 19.1 Å². The van der Waals surface area contributed by atoms with E-state index in [1.54, 1.807) is 30.3 Å². The van der Waals surface area contributed by atoms with E-state index in [9.17, 15) is 29.1 Å². The number of benzene rings is 2. The van der Waals surface area contributed by atoms with E-state index in [1.165, 1.54) is 33.2 Å². The number of ether oxygens (including phenoxy) is 1. The van der Waals surface area contributed by atoms with Gasteiger partial charge in [-0.1, -0.05) is 23.3 Å². The van der Waals surface area contributed by atoms with Gasteiger partial charge in [0.15, 0.2) is 27.0 Å². The zero-order chi connectivity index (χ0) is 30.5. The first kappa shape index (κ1) is 28.7. The van der Waals surface area contributed by atoms with Crippen molar-refractivity contribution in [3.8, 4) is 11.5 Å². The van der Waals surface area contributed by atoms with Crippen LogP contribution in [0, 0.1) is 17.8 Å². The molecule has 4 aliphatic rings. The van der Waals surface area contributed by atoms with Crippen molar-refractivity contribution in [1.29, 1.82) is 0 Å². The van der Waals surface area contributed by atoms with Gasteiger partial charge in [-0.2, -0.15) is 0 Å². The maximum Gasteiger partial charge on any atom is 0.253 e. The smallest absolute Gasteiger partial charge is 0.253 e. The minimum atomic E-state index is -1.99. The van der Waals surface area contributed by atoms with Crippen LogP contribution in [0.5, 0.6) is 11.5 Å². The summed E-state index contributed by atoms with van der Waals surface area (Å²) in [5.41, 5.74) is 1.70. The summed E-state index contributed by atoms with van der Waals surface area (Å²) in [5, 5.41) is 10.3. The van der Waals surface area contributed by atoms with Crippen molar-refractivity contribution in [3.05, 3.63) is 64.2 Å². The van der Waals surface area contributed by atoms with Crippen molar-refractivity contribution in [3.63, 3.8) is 0 Å². The molecule has 9 nitrogen and oxygen atoms in total. The van der Waals surface area contributed by atoms with Crippen LogP contribution in [0.2, 0.25) is 5.02 Å². The molecule has 6 unspecified atom stereocenters. The van der Waals surface area contributed by atoms with Crippen LogP contribution in [0.1, 0.15) is 41.6 Å². The van der Waals surface area contributed by atoms with Crippen molar-refractivity contribution >= 4 is 69.9 Å². The summed E-state index contributed by atoms with van der Waals surface area (Å²) in [5.74, 6) is -6.12. The van der Waals surface area contributed by atoms with Crippen LogP contribution in [0.3, 0.4) is 0 Å². The molecule has 12 heteroatoms. The number of allylic oxidation sites excluding steroid dienone is 2. The van der Waals surface area contributed by atoms with Gasteiger partial charge in [-0.3, -0.25) is 33.8 Å². The van der Waals surface area contributed by atoms with Crippen LogP contribution in [0.4, 0.5) is 5.69 Å². The standard InChI is InChI=1S/C30H25Cl3N2O7/c1-13(36)14-4-6-16(7-5-14)35-25(38)18-9-8-17-19(22(18)26(35)39)12-29(32)27(40)34(2)28(41)30(29,33)23(17)15-10-20(31)24(37)21(11-15)42-3/h4-8,10-11,18-19,22-23,37H,9,12H2,1-3H3. The molecule has 218 valence electrons. The summed E-state index contributed by atoms with van der Waals surface area (Å²) < 4.78 is 5.30. The SMILES string of the molecule is COc1cc(C2C3=CCC4C(=O)N(c5ccc(C(C)=O)cc5)C(=O)C4C3CC3(Cl)C(=O)N(C)C(=O)C23Cl)cc(Cl)c1O. The summed E-state index contributed by atoms with van der Waals surface area (Å²) in [4.78, 5) is 64.8. The molecule has 2 aliphatic carbocycles. The molecule has 2 saturated heterocycles. The Balaban J connectivity index is 1.50. The lowest BCUT2D eigenvalue weighted by Gasteiger charge is -2.50. The predicted molar refractivity (Wildman–Crippen MR) is 154 cm³/mol. The number of likely N-dealkylation sites (tertiary alicyclic amines) is 1. The van der Waals surface area contributed by atoms with E-state index < -0.39 is 57.0 Å². The minimum Gasteiger partial charge on any atom is -0.503 e. The van der Waals surface area contributed by atoms with Crippen LogP contribution in [-0.4, -0.2) is 63.3 Å². The first-order chi connectivity index (χ1) is 19.8. The molecule has 6 rings (SSSR count). The molecular weight excluding hydrogens is 607 g/mol. The summed E-state index contributed by atoms with van der Waals surface area (Å²) in [6.07, 6.45) is 1.83. The number of hydrogen-bond acceptors (Lipinski definition) is 7. The molecule has 3 fully saturated rings. The second kappa shape index (κ2) is 9.56. The van der Waals surface area contributed by atoms with E-state index in [0.717, 1.165) is 9.80 Å². The molecule has 2 aromatic carbocycles. The predicted octanol–water partition coefficient (Wildman–Crippen LogP) is 4.45. The van der Waals surface area contributed by atoms with E-state index in [0.29, 0.717) is 22.4 Å². The van der Waals surface area contributed by atoms with Crippen molar-refractivity contribution in [1.82, 2.24) is 4.90 Å². The number of phenolic OH excluding ortho intramolecular Hbond substituents is 1. The Labute approximate surface area is 255 Å². The van der Waals surface area contributed by atoms with Gasteiger partial charge in [0.2, 0.25) is 11.8 Å². The monoisotopic (exact) mass is 630 g/mol. The van der Waals surface area contributed by atoms with E-state index >= 15 is 0 Å². The van der Waals surface area contributed by atoms with Gasteiger partial charge in [-0.15, -0.1) is 23.2 Å². The number of imide groups is 2. The number of carbonyl (C=O) groups excluding carboxylic acids is 5. The fourth-order valence-electron chi connectivity index (χ4n) is 7.13.